The molecule has 2 aliphatic heterocycles. The Bertz CT molecular complexity index is 2140. The van der Waals surface area contributed by atoms with Crippen molar-refractivity contribution in [3.05, 3.63) is 121 Å². The van der Waals surface area contributed by atoms with E-state index in [1.54, 1.807) is 22.7 Å². The van der Waals surface area contributed by atoms with E-state index in [1.165, 1.54) is 51.7 Å². The molecule has 0 radical (unpaired) electrons. The lowest BCUT2D eigenvalue weighted by atomic mass is 9.88. The van der Waals surface area contributed by atoms with Crippen molar-refractivity contribution in [3.63, 3.8) is 0 Å². The van der Waals surface area contributed by atoms with Crippen molar-refractivity contribution in [3.8, 4) is 30.6 Å². The van der Waals surface area contributed by atoms with Gasteiger partial charge in [-0.2, -0.15) is 0 Å². The molecule has 222 valence electrons. The van der Waals surface area contributed by atoms with Gasteiger partial charge in [-0.1, -0.05) is 53.5 Å². The van der Waals surface area contributed by atoms with E-state index in [-0.39, 0.29) is 0 Å². The van der Waals surface area contributed by atoms with Crippen LogP contribution >= 0.6 is 69.0 Å². The molecule has 5 heterocycles. The highest BCUT2D eigenvalue weighted by atomic mass is 35.5. The van der Waals surface area contributed by atoms with E-state index in [4.69, 9.17) is 33.2 Å². The summed E-state index contributed by atoms with van der Waals surface area (Å²) in [5.41, 5.74) is 9.90. The zero-order valence-electron chi connectivity index (χ0n) is 24.5. The lowest BCUT2D eigenvalue weighted by Crippen LogP contribution is -2.22. The predicted octanol–water partition coefficient (Wildman–Crippen LogP) is 13.1. The maximum absolute atomic E-state index is 7.14. The maximum Gasteiger partial charge on any atom is 0.0877 e. The lowest BCUT2D eigenvalue weighted by molar-refractivity contribution is 1.16. The standard InChI is InChI=1S/C37H26Cl2N2S4/c1-20-17-32(45-37(20)31-6-4-16-43-31)23-9-12-27-24(18-23)19-26-34(39)35(21(2)33(38)36(26)41-27)40-25-10-7-22(8-11-25)28-13-14-30(44-28)29-5-3-15-42-29/h3,5-15,17-18H,4,16,19H2,1-2H3. The smallest absolute Gasteiger partial charge is 0.0877 e. The summed E-state index contributed by atoms with van der Waals surface area (Å²) in [6.45, 7) is 4.19. The van der Waals surface area contributed by atoms with E-state index in [2.05, 4.69) is 79.0 Å². The van der Waals surface area contributed by atoms with Crippen molar-refractivity contribution in [1.29, 1.82) is 0 Å². The minimum Gasteiger partial charge on any atom is -0.247 e. The third-order valence-electron chi connectivity index (χ3n) is 8.22. The first-order valence-electron chi connectivity index (χ1n) is 14.7. The van der Waals surface area contributed by atoms with Gasteiger partial charge in [0.1, 0.15) is 0 Å². The van der Waals surface area contributed by atoms with Crippen LogP contribution < -0.4 is 0 Å². The van der Waals surface area contributed by atoms with Crippen LogP contribution in [0.15, 0.2) is 115 Å². The largest absolute Gasteiger partial charge is 0.247 e. The van der Waals surface area contributed by atoms with Gasteiger partial charge in [0.05, 0.1) is 32.9 Å². The Morgan fingerprint density at radius 2 is 1.62 bits per heavy atom. The molecule has 0 amide bonds. The van der Waals surface area contributed by atoms with E-state index in [9.17, 15) is 0 Å². The van der Waals surface area contributed by atoms with E-state index in [0.717, 1.165) is 40.2 Å². The number of allylic oxidation sites excluding steroid dienone is 5. The molecule has 0 N–H and O–H groups in total. The Kier molecular flexibility index (Phi) is 7.85. The number of benzene rings is 2. The summed E-state index contributed by atoms with van der Waals surface area (Å²) < 4.78 is 0. The zero-order valence-corrected chi connectivity index (χ0v) is 29.3. The quantitative estimate of drug-likeness (QED) is 0.168. The summed E-state index contributed by atoms with van der Waals surface area (Å²) in [4.78, 5) is 17.9. The molecule has 0 saturated heterocycles. The summed E-state index contributed by atoms with van der Waals surface area (Å²) >= 11 is 21.5. The van der Waals surface area contributed by atoms with Crippen LogP contribution in [0.25, 0.3) is 35.5 Å². The van der Waals surface area contributed by atoms with E-state index in [1.807, 2.05) is 42.2 Å². The van der Waals surface area contributed by atoms with Gasteiger partial charge in [0.2, 0.25) is 0 Å². The summed E-state index contributed by atoms with van der Waals surface area (Å²) in [6.07, 6.45) is 4.18. The molecule has 2 aromatic carbocycles. The number of hydrogen-bond acceptors (Lipinski definition) is 6. The van der Waals surface area contributed by atoms with Crippen LogP contribution in [-0.4, -0.2) is 17.2 Å². The molecule has 8 rings (SSSR count). The number of rotatable bonds is 5. The van der Waals surface area contributed by atoms with Gasteiger partial charge < -0.3 is 0 Å². The number of halogens is 2. The van der Waals surface area contributed by atoms with Crippen LogP contribution in [0.5, 0.6) is 0 Å². The van der Waals surface area contributed by atoms with Crippen LogP contribution in [0.2, 0.25) is 0 Å². The second-order valence-corrected chi connectivity index (χ2v) is 16.2. The van der Waals surface area contributed by atoms with Gasteiger partial charge in [-0.05, 0) is 102 Å². The molecule has 3 aliphatic rings. The predicted molar refractivity (Wildman–Crippen MR) is 202 cm³/mol. The van der Waals surface area contributed by atoms with E-state index < -0.39 is 0 Å². The summed E-state index contributed by atoms with van der Waals surface area (Å²) in [7, 11) is 0. The highest BCUT2D eigenvalue weighted by Crippen LogP contribution is 2.45. The molecule has 0 saturated carbocycles. The Balaban J connectivity index is 1.09. The molecule has 8 heteroatoms. The summed E-state index contributed by atoms with van der Waals surface area (Å²) in [6, 6.07) is 25.8. The van der Waals surface area contributed by atoms with Gasteiger partial charge in [0, 0.05) is 47.0 Å². The van der Waals surface area contributed by atoms with Gasteiger partial charge in [-0.25, -0.2) is 9.98 Å². The number of thioether (sulfide) groups is 1. The summed E-state index contributed by atoms with van der Waals surface area (Å²) in [5, 5.41) is 3.35. The molecule has 45 heavy (non-hydrogen) atoms. The second kappa shape index (κ2) is 12.0. The number of thiophene rings is 3. The second-order valence-electron chi connectivity index (χ2n) is 11.2. The average molecular weight is 698 g/mol. The molecule has 3 aromatic heterocycles. The average Bonchev–Trinajstić information content (AvgIpc) is 3.89. The Labute approximate surface area is 289 Å². The van der Waals surface area contributed by atoms with Crippen LogP contribution in [0, 0.1) is 6.92 Å². The third kappa shape index (κ3) is 5.46. The lowest BCUT2D eigenvalue weighted by Gasteiger charge is -2.26. The molecular weight excluding hydrogens is 672 g/mol. The third-order valence-corrected chi connectivity index (χ3v) is 13.9. The Morgan fingerprint density at radius 1 is 0.800 bits per heavy atom. The number of aryl methyl sites for hydroxylation is 1. The van der Waals surface area contributed by atoms with E-state index in [0.29, 0.717) is 22.2 Å². The minimum atomic E-state index is 0.611. The SMILES string of the molecule is CC1=C(Cl)C2=Nc3ccc(-c4cc(C)c(C5=CCCS5)s4)cc3CC2=C(Cl)C1=Nc1ccc(-c2ccc(-c3cccs3)s2)cc1. The monoisotopic (exact) mass is 696 g/mol. The molecule has 5 aromatic rings. The van der Waals surface area contributed by atoms with Crippen molar-refractivity contribution >= 4 is 96.7 Å². The highest BCUT2D eigenvalue weighted by Gasteiger charge is 2.31. The van der Waals surface area contributed by atoms with E-state index >= 15 is 0 Å². The number of hydrogen-bond donors (Lipinski definition) is 0. The van der Waals surface area contributed by atoms with Gasteiger partial charge in [0.15, 0.2) is 0 Å². The number of fused-ring (bicyclic) bond motifs is 2. The molecule has 0 unspecified atom stereocenters. The van der Waals surface area contributed by atoms with Gasteiger partial charge >= 0.3 is 0 Å². The molecule has 2 nitrogen and oxygen atoms in total. The Morgan fingerprint density at radius 3 is 2.40 bits per heavy atom. The molecule has 0 fully saturated rings. The fourth-order valence-electron chi connectivity index (χ4n) is 5.86. The van der Waals surface area contributed by atoms with Crippen LogP contribution in [-0.2, 0) is 6.42 Å². The van der Waals surface area contributed by atoms with Crippen LogP contribution in [0.4, 0.5) is 11.4 Å². The van der Waals surface area contributed by atoms with Gasteiger partial charge in [-0.15, -0.1) is 45.8 Å². The van der Waals surface area contributed by atoms with Crippen molar-refractivity contribution in [2.24, 2.45) is 9.98 Å². The summed E-state index contributed by atoms with van der Waals surface area (Å²) in [5.74, 6) is 1.18. The first kappa shape index (κ1) is 29.4. The fourth-order valence-corrected chi connectivity index (χ4v) is 10.7. The fraction of sp³-hybridized carbons (Fsp3) is 0.135. The molecular formula is C37H26Cl2N2S4. The molecule has 0 bridgehead atoms. The first-order valence-corrected chi connectivity index (χ1v) is 18.9. The zero-order chi connectivity index (χ0) is 30.7. The topological polar surface area (TPSA) is 24.7 Å². The normalized spacial score (nSPS) is 17.1. The maximum atomic E-state index is 7.14. The highest BCUT2D eigenvalue weighted by molar-refractivity contribution is 8.08. The van der Waals surface area contributed by atoms with Crippen LogP contribution in [0.1, 0.15) is 29.3 Å². The van der Waals surface area contributed by atoms with Crippen molar-refractivity contribution < 1.29 is 0 Å². The molecule has 0 atom stereocenters. The Hall–Kier alpha value is -2.97. The minimum absolute atomic E-state index is 0.611. The molecule has 1 aliphatic carbocycles. The van der Waals surface area contributed by atoms with Gasteiger partial charge in [0.25, 0.3) is 0 Å². The van der Waals surface area contributed by atoms with Gasteiger partial charge in [-0.3, -0.25) is 0 Å². The number of nitrogens with zero attached hydrogens (tertiary/aromatic N) is 2. The van der Waals surface area contributed by atoms with Crippen molar-refractivity contribution in [2.45, 2.75) is 26.7 Å². The molecule has 0 spiro atoms. The van der Waals surface area contributed by atoms with Crippen molar-refractivity contribution in [1.82, 2.24) is 0 Å². The number of aliphatic imine (C=N–C) groups is 2. The first-order chi connectivity index (χ1) is 21.9. The van der Waals surface area contributed by atoms with Crippen molar-refractivity contribution in [2.75, 3.05) is 5.75 Å². The van der Waals surface area contributed by atoms with Crippen LogP contribution in [0.3, 0.4) is 0 Å².